The summed E-state index contributed by atoms with van der Waals surface area (Å²) < 4.78 is 4.94. The van der Waals surface area contributed by atoms with Gasteiger partial charge in [0.1, 0.15) is 5.41 Å². The highest BCUT2D eigenvalue weighted by molar-refractivity contribution is 5.78. The summed E-state index contributed by atoms with van der Waals surface area (Å²) in [4.78, 5) is 11.2. The Kier molecular flexibility index (Phi) is 5.13. The Morgan fingerprint density at radius 1 is 1.46 bits per heavy atom. The van der Waals surface area contributed by atoms with Crippen molar-refractivity contribution in [1.82, 2.24) is 0 Å². The van der Waals surface area contributed by atoms with E-state index in [1.165, 1.54) is 0 Å². The fraction of sp³-hybridized carbons (Fsp3) is 0.800. The van der Waals surface area contributed by atoms with E-state index in [9.17, 15) is 4.79 Å². The highest BCUT2D eigenvalue weighted by Crippen LogP contribution is 2.15. The maximum atomic E-state index is 11.2. The van der Waals surface area contributed by atoms with Crippen LogP contribution in [0.5, 0.6) is 0 Å². The van der Waals surface area contributed by atoms with Gasteiger partial charge in [0.15, 0.2) is 0 Å². The Bertz CT molecular complexity index is 203. The number of hydrogen-bond acceptors (Lipinski definition) is 3. The van der Waals surface area contributed by atoms with E-state index in [0.717, 1.165) is 19.3 Å². The molecule has 0 bridgehead atoms. The summed E-state index contributed by atoms with van der Waals surface area (Å²) in [6.07, 6.45) is 3.03. The molecule has 0 aliphatic heterocycles. The molecular weight excluding hydrogens is 166 g/mol. The first-order chi connectivity index (χ1) is 6.04. The van der Waals surface area contributed by atoms with E-state index < -0.39 is 11.4 Å². The number of nitriles is 1. The molecule has 0 atom stereocenters. The van der Waals surface area contributed by atoms with Crippen LogP contribution in [0.4, 0.5) is 0 Å². The van der Waals surface area contributed by atoms with E-state index in [-0.39, 0.29) is 0 Å². The van der Waals surface area contributed by atoms with E-state index in [1.54, 1.807) is 13.8 Å². The zero-order valence-corrected chi connectivity index (χ0v) is 8.59. The van der Waals surface area contributed by atoms with Gasteiger partial charge in [-0.1, -0.05) is 19.8 Å². The van der Waals surface area contributed by atoms with Crippen LogP contribution in [-0.4, -0.2) is 12.6 Å². The lowest BCUT2D eigenvalue weighted by atomic mass is 9.96. The molecule has 0 unspecified atom stereocenters. The Morgan fingerprint density at radius 2 is 2.08 bits per heavy atom. The zero-order chi connectivity index (χ0) is 10.3. The molecule has 0 fully saturated rings. The summed E-state index contributed by atoms with van der Waals surface area (Å²) in [5.74, 6) is -0.425. The molecule has 0 saturated carbocycles. The van der Waals surface area contributed by atoms with Gasteiger partial charge in [-0.3, -0.25) is 4.79 Å². The van der Waals surface area contributed by atoms with Crippen molar-refractivity contribution in [2.24, 2.45) is 5.41 Å². The van der Waals surface area contributed by atoms with E-state index in [4.69, 9.17) is 10.00 Å². The van der Waals surface area contributed by atoms with E-state index in [2.05, 4.69) is 6.92 Å². The second-order valence-electron chi connectivity index (χ2n) is 3.58. The highest BCUT2D eigenvalue weighted by atomic mass is 16.5. The Balaban J connectivity index is 3.70. The molecular formula is C10H17NO2. The largest absolute Gasteiger partial charge is 0.465 e. The number of ether oxygens (including phenoxy) is 1. The molecule has 0 aromatic carbocycles. The quantitative estimate of drug-likeness (QED) is 0.485. The minimum Gasteiger partial charge on any atom is -0.465 e. The van der Waals surface area contributed by atoms with E-state index >= 15 is 0 Å². The van der Waals surface area contributed by atoms with Crippen molar-refractivity contribution in [3.05, 3.63) is 0 Å². The number of rotatable bonds is 5. The summed E-state index contributed by atoms with van der Waals surface area (Å²) in [6, 6.07) is 1.91. The molecule has 0 heterocycles. The van der Waals surface area contributed by atoms with Crippen molar-refractivity contribution in [1.29, 1.82) is 5.26 Å². The van der Waals surface area contributed by atoms with Gasteiger partial charge < -0.3 is 4.74 Å². The van der Waals surface area contributed by atoms with Crippen LogP contribution in [0.15, 0.2) is 0 Å². The molecule has 0 saturated heterocycles. The molecule has 3 heteroatoms. The number of nitrogens with zero attached hydrogens (tertiary/aromatic N) is 1. The summed E-state index contributed by atoms with van der Waals surface area (Å²) >= 11 is 0. The van der Waals surface area contributed by atoms with Gasteiger partial charge in [0.2, 0.25) is 0 Å². The lowest BCUT2D eigenvalue weighted by Gasteiger charge is -2.13. The van der Waals surface area contributed by atoms with E-state index in [1.807, 2.05) is 6.07 Å². The molecule has 0 aromatic rings. The van der Waals surface area contributed by atoms with Crippen LogP contribution in [0.3, 0.4) is 0 Å². The molecule has 0 aliphatic carbocycles. The van der Waals surface area contributed by atoms with Crippen molar-refractivity contribution in [3.63, 3.8) is 0 Å². The van der Waals surface area contributed by atoms with E-state index in [0.29, 0.717) is 6.61 Å². The predicted octanol–water partition coefficient (Wildman–Crippen LogP) is 2.27. The highest BCUT2D eigenvalue weighted by Gasteiger charge is 2.28. The van der Waals surface area contributed by atoms with Crippen molar-refractivity contribution in [3.8, 4) is 6.07 Å². The molecule has 0 radical (unpaired) electrons. The molecule has 3 nitrogen and oxygen atoms in total. The van der Waals surface area contributed by atoms with Crippen LogP contribution < -0.4 is 0 Å². The summed E-state index contributed by atoms with van der Waals surface area (Å²) in [5.41, 5.74) is -1.01. The lowest BCUT2D eigenvalue weighted by Crippen LogP contribution is -2.25. The van der Waals surface area contributed by atoms with Crippen LogP contribution in [0.1, 0.15) is 40.0 Å². The SMILES string of the molecule is CCCCCOC(=O)C(C)(C)C#N. The van der Waals surface area contributed by atoms with Gasteiger partial charge in [0.25, 0.3) is 0 Å². The first-order valence-electron chi connectivity index (χ1n) is 4.63. The Morgan fingerprint density at radius 3 is 2.54 bits per heavy atom. The number of carbonyl (C=O) groups is 1. The molecule has 0 N–H and O–H groups in total. The number of unbranched alkanes of at least 4 members (excludes halogenated alkanes) is 2. The zero-order valence-electron chi connectivity index (χ0n) is 8.59. The molecule has 0 spiro atoms. The van der Waals surface area contributed by atoms with Gasteiger partial charge in [-0.15, -0.1) is 0 Å². The van der Waals surface area contributed by atoms with Gasteiger partial charge in [0, 0.05) is 0 Å². The second-order valence-corrected chi connectivity index (χ2v) is 3.58. The third-order valence-corrected chi connectivity index (χ3v) is 1.77. The maximum Gasteiger partial charge on any atom is 0.325 e. The van der Waals surface area contributed by atoms with Crippen molar-refractivity contribution < 1.29 is 9.53 Å². The normalized spacial score (nSPS) is 10.6. The van der Waals surface area contributed by atoms with Crippen molar-refractivity contribution in [2.75, 3.05) is 6.61 Å². The second kappa shape index (κ2) is 5.58. The summed E-state index contributed by atoms with van der Waals surface area (Å²) in [7, 11) is 0. The number of esters is 1. The topological polar surface area (TPSA) is 50.1 Å². The lowest BCUT2D eigenvalue weighted by molar-refractivity contribution is -0.150. The molecule has 0 amide bonds. The fourth-order valence-corrected chi connectivity index (χ4v) is 0.743. The van der Waals surface area contributed by atoms with Crippen molar-refractivity contribution in [2.45, 2.75) is 40.0 Å². The van der Waals surface area contributed by atoms with Gasteiger partial charge in [-0.05, 0) is 20.3 Å². The Hall–Kier alpha value is -1.04. The first kappa shape index (κ1) is 12.0. The fourth-order valence-electron chi connectivity index (χ4n) is 0.743. The molecule has 74 valence electrons. The van der Waals surface area contributed by atoms with Crippen LogP contribution in [-0.2, 0) is 9.53 Å². The molecule has 0 aliphatic rings. The van der Waals surface area contributed by atoms with Crippen LogP contribution >= 0.6 is 0 Å². The Labute approximate surface area is 79.7 Å². The third-order valence-electron chi connectivity index (χ3n) is 1.77. The van der Waals surface area contributed by atoms with Crippen LogP contribution in [0.2, 0.25) is 0 Å². The number of carbonyl (C=O) groups excluding carboxylic acids is 1. The minimum absolute atomic E-state index is 0.425. The standard InChI is InChI=1S/C10H17NO2/c1-4-5-6-7-13-9(12)10(2,3)8-11/h4-7H2,1-3H3. The summed E-state index contributed by atoms with van der Waals surface area (Å²) in [5, 5.41) is 8.62. The monoisotopic (exact) mass is 183 g/mol. The van der Waals surface area contributed by atoms with Crippen molar-refractivity contribution >= 4 is 5.97 Å². The van der Waals surface area contributed by atoms with Crippen LogP contribution in [0, 0.1) is 16.7 Å². The van der Waals surface area contributed by atoms with Crippen LogP contribution in [0.25, 0.3) is 0 Å². The summed E-state index contributed by atoms with van der Waals surface area (Å²) in [6.45, 7) is 5.64. The average Bonchev–Trinajstić information content (AvgIpc) is 2.12. The van der Waals surface area contributed by atoms with Gasteiger partial charge in [0.05, 0.1) is 12.7 Å². The smallest absolute Gasteiger partial charge is 0.325 e. The molecule has 0 rings (SSSR count). The maximum absolute atomic E-state index is 11.2. The molecule has 0 aromatic heterocycles. The first-order valence-corrected chi connectivity index (χ1v) is 4.63. The van der Waals surface area contributed by atoms with Gasteiger partial charge in [-0.25, -0.2) is 0 Å². The third kappa shape index (κ3) is 4.51. The minimum atomic E-state index is -1.01. The predicted molar refractivity (Wildman–Crippen MR) is 49.9 cm³/mol. The average molecular weight is 183 g/mol. The number of hydrogen-bond donors (Lipinski definition) is 0. The molecule has 13 heavy (non-hydrogen) atoms. The van der Waals surface area contributed by atoms with Gasteiger partial charge >= 0.3 is 5.97 Å². The van der Waals surface area contributed by atoms with Gasteiger partial charge in [-0.2, -0.15) is 5.26 Å².